The Hall–Kier alpha value is -3.15. The second-order valence-corrected chi connectivity index (χ2v) is 8.35. The maximum Gasteiger partial charge on any atom is 0.226 e. The zero-order chi connectivity index (χ0) is 21.5. The molecule has 1 heterocycles. The van der Waals surface area contributed by atoms with E-state index in [1.54, 1.807) is 12.1 Å². The van der Waals surface area contributed by atoms with E-state index in [-0.39, 0.29) is 18.4 Å². The number of benzene rings is 3. The molecule has 1 amide bonds. The smallest absolute Gasteiger partial charge is 0.226 e. The first kappa shape index (κ1) is 21.1. The van der Waals surface area contributed by atoms with Crippen molar-refractivity contribution in [3.63, 3.8) is 0 Å². The molecule has 4 rings (SSSR count). The Morgan fingerprint density at radius 1 is 0.935 bits per heavy atom. The lowest BCUT2D eigenvalue weighted by atomic mass is 9.98. The Labute approximate surface area is 190 Å². The fourth-order valence-corrected chi connectivity index (χ4v) is 4.03. The van der Waals surface area contributed by atoms with E-state index >= 15 is 0 Å². The first-order valence-corrected chi connectivity index (χ1v) is 11.1. The van der Waals surface area contributed by atoms with E-state index in [9.17, 15) is 4.79 Å². The van der Waals surface area contributed by atoms with E-state index in [4.69, 9.17) is 16.3 Å². The molecule has 0 fully saturated rings. The van der Waals surface area contributed by atoms with Crippen LogP contribution in [0.3, 0.4) is 0 Å². The van der Waals surface area contributed by atoms with Crippen molar-refractivity contribution in [1.82, 2.24) is 10.3 Å². The second kappa shape index (κ2) is 10.2. The Morgan fingerprint density at radius 2 is 1.55 bits per heavy atom. The van der Waals surface area contributed by atoms with Crippen molar-refractivity contribution in [3.8, 4) is 5.75 Å². The fourth-order valence-electron chi connectivity index (χ4n) is 3.20. The lowest BCUT2D eigenvalue weighted by Gasteiger charge is -2.19. The number of aromatic nitrogens is 1. The third-order valence-corrected chi connectivity index (χ3v) is 5.81. The zero-order valence-corrected chi connectivity index (χ0v) is 18.3. The van der Waals surface area contributed by atoms with Crippen LogP contribution in [0.4, 0.5) is 0 Å². The molecule has 4 aromatic rings. The van der Waals surface area contributed by atoms with E-state index in [2.05, 4.69) is 10.3 Å². The summed E-state index contributed by atoms with van der Waals surface area (Å²) in [6, 6.07) is 26.9. The van der Waals surface area contributed by atoms with E-state index in [1.807, 2.05) is 78.2 Å². The van der Waals surface area contributed by atoms with Crippen molar-refractivity contribution in [2.75, 3.05) is 0 Å². The molecule has 6 heteroatoms. The van der Waals surface area contributed by atoms with E-state index < -0.39 is 0 Å². The maximum atomic E-state index is 12.8. The van der Waals surface area contributed by atoms with Crippen LogP contribution in [-0.2, 0) is 17.8 Å². The summed E-state index contributed by atoms with van der Waals surface area (Å²) < 4.78 is 5.73. The summed E-state index contributed by atoms with van der Waals surface area (Å²) in [5, 5.41) is 6.54. The largest absolute Gasteiger partial charge is 0.486 e. The number of hydrogen-bond donors (Lipinski definition) is 1. The highest BCUT2D eigenvalue weighted by Crippen LogP contribution is 2.22. The molecule has 0 aliphatic carbocycles. The Balaban J connectivity index is 1.39. The minimum absolute atomic E-state index is 0.0758. The minimum Gasteiger partial charge on any atom is -0.486 e. The molecule has 0 aliphatic heterocycles. The van der Waals surface area contributed by atoms with Gasteiger partial charge in [-0.25, -0.2) is 4.98 Å². The summed E-state index contributed by atoms with van der Waals surface area (Å²) in [5.74, 6) is 0.653. The Bertz CT molecular complexity index is 1080. The molecule has 0 radical (unpaired) electrons. The molecule has 4 nitrogen and oxygen atoms in total. The molecule has 0 atom stereocenters. The number of thiazole rings is 1. The van der Waals surface area contributed by atoms with Crippen molar-refractivity contribution in [1.29, 1.82) is 0 Å². The standard InChI is InChI=1S/C25H21ClN2O2S/c26-20-11-13-22(14-12-20)30-16-24-27-21(17-31-24)15-23(29)28-25(18-7-3-1-4-8-18)19-9-5-2-6-10-19/h1-14,17,25H,15-16H2,(H,28,29). The van der Waals surface area contributed by atoms with Crippen LogP contribution in [0.25, 0.3) is 0 Å². The minimum atomic E-state index is -0.207. The number of nitrogens with zero attached hydrogens (tertiary/aromatic N) is 1. The predicted molar refractivity (Wildman–Crippen MR) is 124 cm³/mol. The zero-order valence-electron chi connectivity index (χ0n) is 16.7. The average Bonchev–Trinajstić information content (AvgIpc) is 3.25. The summed E-state index contributed by atoms with van der Waals surface area (Å²) in [5.41, 5.74) is 2.81. The van der Waals surface area contributed by atoms with Crippen molar-refractivity contribution in [2.24, 2.45) is 0 Å². The molecule has 0 unspecified atom stereocenters. The van der Waals surface area contributed by atoms with Crippen LogP contribution in [0.15, 0.2) is 90.3 Å². The van der Waals surface area contributed by atoms with Gasteiger partial charge in [-0.15, -0.1) is 11.3 Å². The summed E-state index contributed by atoms with van der Waals surface area (Å²) in [4.78, 5) is 17.3. The normalized spacial score (nSPS) is 10.8. The number of halogens is 1. The van der Waals surface area contributed by atoms with Crippen LogP contribution in [-0.4, -0.2) is 10.9 Å². The molecule has 0 saturated heterocycles. The van der Waals surface area contributed by atoms with Crippen LogP contribution in [0.1, 0.15) is 27.9 Å². The van der Waals surface area contributed by atoms with Crippen molar-refractivity contribution < 1.29 is 9.53 Å². The number of rotatable bonds is 8. The van der Waals surface area contributed by atoms with Gasteiger partial charge in [0.25, 0.3) is 0 Å². The summed E-state index contributed by atoms with van der Waals surface area (Å²) >= 11 is 7.37. The lowest BCUT2D eigenvalue weighted by molar-refractivity contribution is -0.121. The van der Waals surface area contributed by atoms with E-state index in [0.717, 1.165) is 27.6 Å². The molecule has 0 saturated carbocycles. The van der Waals surface area contributed by atoms with Crippen LogP contribution >= 0.6 is 22.9 Å². The first-order chi connectivity index (χ1) is 15.2. The molecule has 0 spiro atoms. The lowest BCUT2D eigenvalue weighted by Crippen LogP contribution is -2.30. The van der Waals surface area contributed by atoms with Gasteiger partial charge in [-0.3, -0.25) is 4.79 Å². The van der Waals surface area contributed by atoms with Crippen molar-refractivity contribution >= 4 is 28.8 Å². The third-order valence-electron chi connectivity index (χ3n) is 4.69. The third kappa shape index (κ3) is 5.94. The fraction of sp³-hybridized carbons (Fsp3) is 0.120. The number of hydrogen-bond acceptors (Lipinski definition) is 4. The van der Waals surface area contributed by atoms with Gasteiger partial charge >= 0.3 is 0 Å². The Morgan fingerprint density at radius 3 is 2.16 bits per heavy atom. The quantitative estimate of drug-likeness (QED) is 0.369. The molecule has 1 aromatic heterocycles. The van der Waals surface area contributed by atoms with Gasteiger partial charge in [-0.05, 0) is 35.4 Å². The molecule has 31 heavy (non-hydrogen) atoms. The molecule has 0 bridgehead atoms. The van der Waals surface area contributed by atoms with Gasteiger partial charge in [-0.1, -0.05) is 72.3 Å². The summed E-state index contributed by atoms with van der Waals surface area (Å²) in [6.45, 7) is 0.352. The highest BCUT2D eigenvalue weighted by atomic mass is 35.5. The van der Waals surface area contributed by atoms with Gasteiger partial charge in [0.05, 0.1) is 18.2 Å². The molecule has 1 N–H and O–H groups in total. The average molecular weight is 449 g/mol. The van der Waals surface area contributed by atoms with Gasteiger partial charge < -0.3 is 10.1 Å². The number of ether oxygens (including phenoxy) is 1. The molecular weight excluding hydrogens is 428 g/mol. The number of carbonyl (C=O) groups is 1. The molecular formula is C25H21ClN2O2S. The van der Waals surface area contributed by atoms with Crippen LogP contribution in [0, 0.1) is 0 Å². The molecule has 0 aliphatic rings. The van der Waals surface area contributed by atoms with Gasteiger partial charge in [0.1, 0.15) is 17.4 Å². The van der Waals surface area contributed by atoms with E-state index in [1.165, 1.54) is 11.3 Å². The van der Waals surface area contributed by atoms with Gasteiger partial charge in [0, 0.05) is 10.4 Å². The van der Waals surface area contributed by atoms with Crippen molar-refractivity contribution in [2.45, 2.75) is 19.1 Å². The molecule has 156 valence electrons. The van der Waals surface area contributed by atoms with Crippen molar-refractivity contribution in [3.05, 3.63) is 117 Å². The SMILES string of the molecule is O=C(Cc1csc(COc2ccc(Cl)cc2)n1)NC(c1ccccc1)c1ccccc1. The summed E-state index contributed by atoms with van der Waals surface area (Å²) in [7, 11) is 0. The number of nitrogens with one attached hydrogen (secondary N) is 1. The molecule has 3 aromatic carbocycles. The van der Waals surface area contributed by atoms with E-state index in [0.29, 0.717) is 11.6 Å². The highest BCUT2D eigenvalue weighted by Gasteiger charge is 2.17. The maximum absolute atomic E-state index is 12.8. The Kier molecular flexibility index (Phi) is 6.97. The second-order valence-electron chi connectivity index (χ2n) is 6.97. The highest BCUT2D eigenvalue weighted by molar-refractivity contribution is 7.09. The van der Waals surface area contributed by atoms with Crippen LogP contribution < -0.4 is 10.1 Å². The topological polar surface area (TPSA) is 51.2 Å². The van der Waals surface area contributed by atoms with Gasteiger partial charge in [-0.2, -0.15) is 0 Å². The predicted octanol–water partition coefficient (Wildman–Crippen LogP) is 5.82. The monoisotopic (exact) mass is 448 g/mol. The number of carbonyl (C=O) groups excluding carboxylic acids is 1. The van der Waals surface area contributed by atoms with Gasteiger partial charge in [0.2, 0.25) is 5.91 Å². The number of amides is 1. The summed E-state index contributed by atoms with van der Waals surface area (Å²) in [6.07, 6.45) is 0.216. The first-order valence-electron chi connectivity index (χ1n) is 9.88. The van der Waals surface area contributed by atoms with Crippen LogP contribution in [0.2, 0.25) is 5.02 Å². The van der Waals surface area contributed by atoms with Crippen LogP contribution in [0.5, 0.6) is 5.75 Å². The van der Waals surface area contributed by atoms with Gasteiger partial charge in [0.15, 0.2) is 0 Å².